The number of carbonyl (C=O) groups is 1. The number of para-hydroxylation sites is 2. The second-order valence-corrected chi connectivity index (χ2v) is 7.89. The summed E-state index contributed by atoms with van der Waals surface area (Å²) in [4.78, 5) is 28.4. The van der Waals surface area contributed by atoms with Crippen molar-refractivity contribution in [1.82, 2.24) is 20.3 Å². The van der Waals surface area contributed by atoms with Crippen LogP contribution < -0.4 is 10.2 Å². The number of rotatable bonds is 4. The highest BCUT2D eigenvalue weighted by molar-refractivity contribution is 5.94. The van der Waals surface area contributed by atoms with Crippen LogP contribution in [0.3, 0.4) is 0 Å². The lowest BCUT2D eigenvalue weighted by atomic mass is 10.0. The van der Waals surface area contributed by atoms with Gasteiger partial charge < -0.3 is 10.2 Å². The van der Waals surface area contributed by atoms with Crippen LogP contribution in [-0.2, 0) is 0 Å². The number of hydrogen-bond acceptors (Lipinski definition) is 5. The minimum Gasteiger partial charge on any atom is -0.355 e. The van der Waals surface area contributed by atoms with E-state index >= 15 is 0 Å². The van der Waals surface area contributed by atoms with Crippen molar-refractivity contribution in [1.29, 1.82) is 0 Å². The van der Waals surface area contributed by atoms with E-state index in [0.29, 0.717) is 16.8 Å². The molecule has 1 aliphatic rings. The van der Waals surface area contributed by atoms with Gasteiger partial charge in [-0.3, -0.25) is 14.8 Å². The van der Waals surface area contributed by atoms with Gasteiger partial charge in [0, 0.05) is 30.9 Å². The van der Waals surface area contributed by atoms with Crippen LogP contribution in [0.1, 0.15) is 23.2 Å². The zero-order valence-electron chi connectivity index (χ0n) is 17.4. The third-order valence-corrected chi connectivity index (χ3v) is 5.74. The molecule has 0 atom stereocenters. The van der Waals surface area contributed by atoms with Crippen LogP contribution in [0.5, 0.6) is 0 Å². The number of anilines is 1. The second-order valence-electron chi connectivity index (χ2n) is 7.89. The molecule has 7 heteroatoms. The van der Waals surface area contributed by atoms with Crippen LogP contribution >= 0.6 is 0 Å². The van der Waals surface area contributed by atoms with E-state index in [1.807, 2.05) is 30.5 Å². The maximum Gasteiger partial charge on any atom is 0.253 e. The third-order valence-electron chi connectivity index (χ3n) is 5.74. The van der Waals surface area contributed by atoms with Crippen molar-refractivity contribution in [2.45, 2.75) is 18.9 Å². The lowest BCUT2D eigenvalue weighted by Crippen LogP contribution is -2.45. The van der Waals surface area contributed by atoms with E-state index in [9.17, 15) is 9.18 Å². The standard InChI is InChI=1S/C25H22FN5O/c26-19-5-3-4-17(14-19)21-9-8-18(15-27-21)25(32)29-20-10-12-31(13-11-20)24-16-28-22-6-1-2-7-23(22)30-24/h1-9,14-16,20H,10-13H2,(H,29,32). The summed E-state index contributed by atoms with van der Waals surface area (Å²) < 4.78 is 13.4. The predicted molar refractivity (Wildman–Crippen MR) is 122 cm³/mol. The number of carbonyl (C=O) groups excluding carboxylic acids is 1. The molecule has 1 amide bonds. The number of benzene rings is 2. The van der Waals surface area contributed by atoms with E-state index in [1.54, 1.807) is 24.3 Å². The first-order valence-electron chi connectivity index (χ1n) is 10.7. The Labute approximate surface area is 185 Å². The number of pyridine rings is 1. The third kappa shape index (κ3) is 4.27. The maximum atomic E-state index is 13.4. The molecule has 32 heavy (non-hydrogen) atoms. The Bertz CT molecular complexity index is 1250. The number of piperidine rings is 1. The molecule has 5 rings (SSSR count). The van der Waals surface area contributed by atoms with Crippen molar-refractivity contribution < 1.29 is 9.18 Å². The molecule has 1 aliphatic heterocycles. The number of nitrogens with zero attached hydrogens (tertiary/aromatic N) is 4. The van der Waals surface area contributed by atoms with Gasteiger partial charge in [0.1, 0.15) is 11.6 Å². The Hall–Kier alpha value is -3.87. The molecule has 2 aromatic heterocycles. The van der Waals surface area contributed by atoms with Crippen LogP contribution in [0.2, 0.25) is 0 Å². The summed E-state index contributed by atoms with van der Waals surface area (Å²) >= 11 is 0. The largest absolute Gasteiger partial charge is 0.355 e. The second kappa shape index (κ2) is 8.70. The Morgan fingerprint density at radius 1 is 0.938 bits per heavy atom. The molecule has 0 saturated carbocycles. The molecular weight excluding hydrogens is 405 g/mol. The monoisotopic (exact) mass is 427 g/mol. The molecule has 4 aromatic rings. The summed E-state index contributed by atoms with van der Waals surface area (Å²) in [6.45, 7) is 1.60. The lowest BCUT2D eigenvalue weighted by molar-refractivity contribution is 0.0930. The molecule has 0 radical (unpaired) electrons. The van der Waals surface area contributed by atoms with Crippen molar-refractivity contribution in [3.05, 3.63) is 84.4 Å². The van der Waals surface area contributed by atoms with Gasteiger partial charge in [0.25, 0.3) is 5.91 Å². The van der Waals surface area contributed by atoms with Crippen molar-refractivity contribution in [2.24, 2.45) is 0 Å². The molecule has 1 N–H and O–H groups in total. The number of aromatic nitrogens is 3. The van der Waals surface area contributed by atoms with Crippen molar-refractivity contribution in [2.75, 3.05) is 18.0 Å². The summed E-state index contributed by atoms with van der Waals surface area (Å²) in [5, 5.41) is 3.10. The van der Waals surface area contributed by atoms with Crippen LogP contribution in [0, 0.1) is 5.82 Å². The normalized spacial score (nSPS) is 14.5. The molecule has 2 aromatic carbocycles. The SMILES string of the molecule is O=C(NC1CCN(c2cnc3ccccc3n2)CC1)c1ccc(-c2cccc(F)c2)nc1. The molecule has 0 aliphatic carbocycles. The number of hydrogen-bond donors (Lipinski definition) is 1. The first kappa shape index (κ1) is 20.1. The Morgan fingerprint density at radius 3 is 2.50 bits per heavy atom. The molecule has 160 valence electrons. The van der Waals surface area contributed by atoms with Crippen LogP contribution in [0.15, 0.2) is 73.1 Å². The maximum absolute atomic E-state index is 13.4. The Balaban J connectivity index is 1.19. The van der Waals surface area contributed by atoms with Gasteiger partial charge in [0.05, 0.1) is 28.5 Å². The van der Waals surface area contributed by atoms with Crippen molar-refractivity contribution >= 4 is 22.8 Å². The van der Waals surface area contributed by atoms with Crippen LogP contribution in [-0.4, -0.2) is 40.0 Å². The molecule has 1 fully saturated rings. The quantitative estimate of drug-likeness (QED) is 0.528. The molecule has 0 bridgehead atoms. The number of amides is 1. The fourth-order valence-corrected chi connectivity index (χ4v) is 3.97. The van der Waals surface area contributed by atoms with Gasteiger partial charge in [-0.05, 0) is 49.2 Å². The van der Waals surface area contributed by atoms with Gasteiger partial charge in [0.15, 0.2) is 0 Å². The van der Waals surface area contributed by atoms with Gasteiger partial charge >= 0.3 is 0 Å². The zero-order chi connectivity index (χ0) is 21.9. The Morgan fingerprint density at radius 2 is 1.75 bits per heavy atom. The summed E-state index contributed by atoms with van der Waals surface area (Å²) in [6.07, 6.45) is 5.01. The molecule has 0 unspecified atom stereocenters. The molecule has 0 spiro atoms. The van der Waals surface area contributed by atoms with Crippen molar-refractivity contribution in [3.8, 4) is 11.3 Å². The number of halogens is 1. The summed E-state index contributed by atoms with van der Waals surface area (Å²) in [5.41, 5.74) is 3.57. The van der Waals surface area contributed by atoms with Crippen molar-refractivity contribution in [3.63, 3.8) is 0 Å². The molecular formula is C25H22FN5O. The fraction of sp³-hybridized carbons (Fsp3) is 0.200. The predicted octanol–water partition coefficient (Wildman–Crippen LogP) is 4.23. The zero-order valence-corrected chi connectivity index (χ0v) is 17.4. The van der Waals surface area contributed by atoms with E-state index in [0.717, 1.165) is 42.8 Å². The first-order valence-corrected chi connectivity index (χ1v) is 10.7. The number of fused-ring (bicyclic) bond motifs is 1. The minimum absolute atomic E-state index is 0.0926. The van der Waals surface area contributed by atoms with E-state index in [1.165, 1.54) is 18.3 Å². The van der Waals surface area contributed by atoms with E-state index in [4.69, 9.17) is 4.98 Å². The van der Waals surface area contributed by atoms with Gasteiger partial charge in [-0.25, -0.2) is 9.37 Å². The van der Waals surface area contributed by atoms with Crippen LogP contribution in [0.25, 0.3) is 22.3 Å². The summed E-state index contributed by atoms with van der Waals surface area (Å²) in [6, 6.07) is 17.6. The van der Waals surface area contributed by atoms with E-state index in [-0.39, 0.29) is 17.8 Å². The highest BCUT2D eigenvalue weighted by Gasteiger charge is 2.22. The first-order chi connectivity index (χ1) is 15.7. The van der Waals surface area contributed by atoms with Gasteiger partial charge in [0.2, 0.25) is 0 Å². The minimum atomic E-state index is -0.313. The smallest absolute Gasteiger partial charge is 0.253 e. The molecule has 3 heterocycles. The summed E-state index contributed by atoms with van der Waals surface area (Å²) in [5.74, 6) is 0.407. The molecule has 1 saturated heterocycles. The van der Waals surface area contributed by atoms with Crippen LogP contribution in [0.4, 0.5) is 10.2 Å². The number of nitrogens with one attached hydrogen (secondary N) is 1. The lowest BCUT2D eigenvalue weighted by Gasteiger charge is -2.33. The van der Waals surface area contributed by atoms with E-state index in [2.05, 4.69) is 20.2 Å². The topological polar surface area (TPSA) is 71.0 Å². The summed E-state index contributed by atoms with van der Waals surface area (Å²) in [7, 11) is 0. The van der Waals surface area contributed by atoms with Gasteiger partial charge in [-0.1, -0.05) is 24.3 Å². The molecule has 6 nitrogen and oxygen atoms in total. The Kier molecular flexibility index (Phi) is 5.46. The van der Waals surface area contributed by atoms with Gasteiger partial charge in [-0.15, -0.1) is 0 Å². The fourth-order valence-electron chi connectivity index (χ4n) is 3.97. The average Bonchev–Trinajstić information content (AvgIpc) is 2.84. The van der Waals surface area contributed by atoms with Gasteiger partial charge in [-0.2, -0.15) is 0 Å². The highest BCUT2D eigenvalue weighted by atomic mass is 19.1. The average molecular weight is 427 g/mol. The van der Waals surface area contributed by atoms with E-state index < -0.39 is 0 Å². The highest BCUT2D eigenvalue weighted by Crippen LogP contribution is 2.21.